The fourth-order valence-corrected chi connectivity index (χ4v) is 4.68. The van der Waals surface area contributed by atoms with Gasteiger partial charge in [-0.3, -0.25) is 0 Å². The maximum Gasteiger partial charge on any atom is 0.139 e. The van der Waals surface area contributed by atoms with Crippen LogP contribution in [0.4, 0.5) is 4.39 Å². The summed E-state index contributed by atoms with van der Waals surface area (Å²) in [6.45, 7) is 4.45. The van der Waals surface area contributed by atoms with Crippen molar-refractivity contribution in [3.63, 3.8) is 0 Å². The molecule has 0 unspecified atom stereocenters. The Kier molecular flexibility index (Phi) is 9.67. The zero-order valence-electron chi connectivity index (χ0n) is 19.6. The molecule has 0 spiro atoms. The van der Waals surface area contributed by atoms with Gasteiger partial charge in [0.25, 0.3) is 0 Å². The van der Waals surface area contributed by atoms with Gasteiger partial charge in [-0.25, -0.2) is 4.39 Å². The first kappa shape index (κ1) is 23.6. The average molecular weight is 419 g/mol. The van der Waals surface area contributed by atoms with E-state index in [1.165, 1.54) is 62.5 Å². The Hall–Kier alpha value is -2.07. The molecular formula is C30H39F. The minimum absolute atomic E-state index is 0.158. The molecule has 0 saturated heterocycles. The van der Waals surface area contributed by atoms with E-state index in [9.17, 15) is 4.39 Å². The van der Waals surface area contributed by atoms with Gasteiger partial charge in [0, 0.05) is 5.92 Å². The van der Waals surface area contributed by atoms with E-state index in [0.717, 1.165) is 31.2 Å². The maximum atomic E-state index is 14.4. The minimum Gasteiger partial charge on any atom is -0.206 e. The number of hydrogen-bond acceptors (Lipinski definition) is 0. The standard InChI is InChI=1S/C30H39F/c1-3-5-7-9-24-11-17-27(18-12-24)28-19-13-25(14-20-28)15-21-29-22-16-26(23-30(29)31)10-8-6-4-2/h11-12,16-18,22-23,25,28H,3-10,13-14,19-20H2,1-2H3. The van der Waals surface area contributed by atoms with Gasteiger partial charge in [0.05, 0.1) is 5.56 Å². The van der Waals surface area contributed by atoms with Crippen LogP contribution in [0.3, 0.4) is 0 Å². The van der Waals surface area contributed by atoms with Gasteiger partial charge in [-0.05, 0) is 86.1 Å². The van der Waals surface area contributed by atoms with E-state index in [-0.39, 0.29) is 5.82 Å². The lowest BCUT2D eigenvalue weighted by Crippen LogP contribution is -2.12. The lowest BCUT2D eigenvalue weighted by atomic mass is 9.78. The zero-order chi connectivity index (χ0) is 21.9. The van der Waals surface area contributed by atoms with Gasteiger partial charge >= 0.3 is 0 Å². The molecule has 1 aliphatic rings. The molecule has 3 rings (SSSR count). The van der Waals surface area contributed by atoms with Gasteiger partial charge in [-0.1, -0.05) is 81.7 Å². The highest BCUT2D eigenvalue weighted by Gasteiger charge is 2.21. The first-order valence-electron chi connectivity index (χ1n) is 12.6. The molecule has 0 aromatic heterocycles. The van der Waals surface area contributed by atoms with Crippen molar-refractivity contribution in [2.45, 2.75) is 96.8 Å². The molecule has 1 heteroatoms. The first-order valence-corrected chi connectivity index (χ1v) is 12.6. The maximum absolute atomic E-state index is 14.4. The van der Waals surface area contributed by atoms with Crippen molar-refractivity contribution < 1.29 is 4.39 Å². The predicted octanol–water partition coefficient (Wildman–Crippen LogP) is 8.62. The minimum atomic E-state index is -0.158. The smallest absolute Gasteiger partial charge is 0.139 e. The molecule has 1 fully saturated rings. The second-order valence-corrected chi connectivity index (χ2v) is 9.29. The molecule has 0 heterocycles. The fraction of sp³-hybridized carbons (Fsp3) is 0.533. The molecule has 1 saturated carbocycles. The van der Waals surface area contributed by atoms with Crippen LogP contribution in [0.5, 0.6) is 0 Å². The molecule has 0 amide bonds. The van der Waals surface area contributed by atoms with Crippen molar-refractivity contribution in [3.8, 4) is 11.8 Å². The van der Waals surface area contributed by atoms with E-state index in [4.69, 9.17) is 0 Å². The summed E-state index contributed by atoms with van der Waals surface area (Å²) >= 11 is 0. The zero-order valence-corrected chi connectivity index (χ0v) is 19.6. The van der Waals surface area contributed by atoms with E-state index in [1.54, 1.807) is 6.07 Å². The predicted molar refractivity (Wildman–Crippen MR) is 131 cm³/mol. The Morgan fingerprint density at radius 3 is 2.00 bits per heavy atom. The van der Waals surface area contributed by atoms with Crippen LogP contribution in [0, 0.1) is 23.6 Å². The molecule has 2 aromatic carbocycles. The number of unbranched alkanes of at least 4 members (excludes halogenated alkanes) is 4. The van der Waals surface area contributed by atoms with Gasteiger partial charge in [0.15, 0.2) is 0 Å². The van der Waals surface area contributed by atoms with E-state index in [2.05, 4.69) is 50.0 Å². The largest absolute Gasteiger partial charge is 0.206 e. The highest BCUT2D eigenvalue weighted by molar-refractivity contribution is 5.38. The Bertz CT molecular complexity index is 844. The van der Waals surface area contributed by atoms with Crippen LogP contribution < -0.4 is 0 Å². The van der Waals surface area contributed by atoms with Gasteiger partial charge in [0.1, 0.15) is 5.82 Å². The van der Waals surface area contributed by atoms with Crippen LogP contribution in [0.2, 0.25) is 0 Å². The second kappa shape index (κ2) is 12.7. The van der Waals surface area contributed by atoms with Crippen molar-refractivity contribution in [1.29, 1.82) is 0 Å². The van der Waals surface area contributed by atoms with E-state index >= 15 is 0 Å². The van der Waals surface area contributed by atoms with Gasteiger partial charge in [-0.2, -0.15) is 0 Å². The molecule has 31 heavy (non-hydrogen) atoms. The Morgan fingerprint density at radius 1 is 0.774 bits per heavy atom. The highest BCUT2D eigenvalue weighted by atomic mass is 19.1. The number of benzene rings is 2. The van der Waals surface area contributed by atoms with Crippen LogP contribution in [0.25, 0.3) is 0 Å². The Balaban J connectivity index is 1.49. The van der Waals surface area contributed by atoms with Crippen LogP contribution >= 0.6 is 0 Å². The van der Waals surface area contributed by atoms with Crippen molar-refractivity contribution in [1.82, 2.24) is 0 Å². The summed E-state index contributed by atoms with van der Waals surface area (Å²) in [6, 6.07) is 14.9. The Morgan fingerprint density at radius 2 is 1.39 bits per heavy atom. The molecular weight excluding hydrogens is 379 g/mol. The molecule has 2 aromatic rings. The molecule has 0 N–H and O–H groups in total. The number of hydrogen-bond donors (Lipinski definition) is 0. The summed E-state index contributed by atoms with van der Waals surface area (Å²) in [4.78, 5) is 0. The third kappa shape index (κ3) is 7.53. The lowest BCUT2D eigenvalue weighted by molar-refractivity contribution is 0.384. The fourth-order valence-electron chi connectivity index (χ4n) is 4.68. The molecule has 0 atom stereocenters. The van der Waals surface area contributed by atoms with Crippen LogP contribution in [0.1, 0.15) is 106 Å². The summed E-state index contributed by atoms with van der Waals surface area (Å²) in [5.41, 5.74) is 4.60. The van der Waals surface area contributed by atoms with Gasteiger partial charge in [-0.15, -0.1) is 0 Å². The van der Waals surface area contributed by atoms with Crippen molar-refractivity contribution in [2.24, 2.45) is 5.92 Å². The lowest BCUT2D eigenvalue weighted by Gasteiger charge is -2.26. The quantitative estimate of drug-likeness (QED) is 0.282. The monoisotopic (exact) mass is 418 g/mol. The van der Waals surface area contributed by atoms with Gasteiger partial charge in [0.2, 0.25) is 0 Å². The molecule has 0 radical (unpaired) electrons. The topological polar surface area (TPSA) is 0 Å². The Labute approximate surface area is 189 Å². The van der Waals surface area contributed by atoms with Crippen LogP contribution in [-0.2, 0) is 12.8 Å². The average Bonchev–Trinajstić information content (AvgIpc) is 2.80. The summed E-state index contributed by atoms with van der Waals surface area (Å²) in [5.74, 6) is 7.40. The molecule has 0 bridgehead atoms. The number of aryl methyl sites for hydroxylation is 2. The van der Waals surface area contributed by atoms with Crippen LogP contribution in [-0.4, -0.2) is 0 Å². The van der Waals surface area contributed by atoms with E-state index in [0.29, 0.717) is 17.4 Å². The van der Waals surface area contributed by atoms with Gasteiger partial charge < -0.3 is 0 Å². The van der Waals surface area contributed by atoms with Crippen molar-refractivity contribution in [3.05, 3.63) is 70.5 Å². The molecule has 166 valence electrons. The number of halogens is 1. The second-order valence-electron chi connectivity index (χ2n) is 9.29. The van der Waals surface area contributed by atoms with Crippen molar-refractivity contribution >= 4 is 0 Å². The summed E-state index contributed by atoms with van der Waals surface area (Å²) in [7, 11) is 0. The third-order valence-electron chi connectivity index (χ3n) is 6.76. The number of rotatable bonds is 9. The SMILES string of the molecule is CCCCCc1ccc(C2CCC(C#Cc3ccc(CCCCC)cc3F)CC2)cc1. The summed E-state index contributed by atoms with van der Waals surface area (Å²) < 4.78 is 14.4. The van der Waals surface area contributed by atoms with Crippen molar-refractivity contribution in [2.75, 3.05) is 0 Å². The molecule has 1 aliphatic carbocycles. The highest BCUT2D eigenvalue weighted by Crippen LogP contribution is 2.35. The normalized spacial score (nSPS) is 18.4. The first-order chi connectivity index (χ1) is 15.2. The summed E-state index contributed by atoms with van der Waals surface area (Å²) in [6.07, 6.45) is 14.2. The van der Waals surface area contributed by atoms with Crippen LogP contribution in [0.15, 0.2) is 42.5 Å². The van der Waals surface area contributed by atoms with E-state index in [1.807, 2.05) is 12.1 Å². The summed E-state index contributed by atoms with van der Waals surface area (Å²) in [5, 5.41) is 0. The third-order valence-corrected chi connectivity index (χ3v) is 6.76. The van der Waals surface area contributed by atoms with E-state index < -0.39 is 0 Å². The molecule has 0 nitrogen and oxygen atoms in total. The molecule has 0 aliphatic heterocycles.